The molecule has 19 heavy (non-hydrogen) atoms. The average Bonchev–Trinajstić information content (AvgIpc) is 2.76. The highest BCUT2D eigenvalue weighted by atomic mass is 32.2. The molecule has 110 valence electrons. The van der Waals surface area contributed by atoms with Crippen LogP contribution in [0.4, 0.5) is 5.88 Å². The zero-order valence-electron chi connectivity index (χ0n) is 12.5. The summed E-state index contributed by atoms with van der Waals surface area (Å²) in [6.45, 7) is 5.11. The molecular weight excluding hydrogens is 260 g/mol. The zero-order valence-corrected chi connectivity index (χ0v) is 13.3. The van der Waals surface area contributed by atoms with Crippen LogP contribution < -0.4 is 5.73 Å². The molecule has 0 saturated heterocycles. The van der Waals surface area contributed by atoms with Gasteiger partial charge in [0.15, 0.2) is 0 Å². The van der Waals surface area contributed by atoms with Gasteiger partial charge in [-0.05, 0) is 25.5 Å². The zero-order chi connectivity index (χ0) is 14.3. The van der Waals surface area contributed by atoms with E-state index < -0.39 is 0 Å². The number of anilines is 1. The fourth-order valence-electron chi connectivity index (χ4n) is 2.30. The largest absolute Gasteiger partial charge is 0.385 e. The monoisotopic (exact) mass is 286 g/mol. The highest BCUT2D eigenvalue weighted by Gasteiger charge is 2.33. The third-order valence-electron chi connectivity index (χ3n) is 3.49. The highest BCUT2D eigenvalue weighted by molar-refractivity contribution is 7.98. The molecule has 0 aromatic carbocycles. The van der Waals surface area contributed by atoms with E-state index in [1.54, 1.807) is 7.11 Å². The molecule has 1 unspecified atom stereocenters. The summed E-state index contributed by atoms with van der Waals surface area (Å²) in [7, 11) is 1.73. The SMILES string of the molecule is CCCCc1c(C(C)(CCOC)CSC)noc1N. The Morgan fingerprint density at radius 3 is 2.79 bits per heavy atom. The number of nitrogen functional groups attached to an aromatic ring is 1. The number of rotatable bonds is 9. The van der Waals surface area contributed by atoms with E-state index in [0.717, 1.165) is 49.3 Å². The highest BCUT2D eigenvalue weighted by Crippen LogP contribution is 2.35. The van der Waals surface area contributed by atoms with Crippen LogP contribution in [0.3, 0.4) is 0 Å². The van der Waals surface area contributed by atoms with Gasteiger partial charge in [0.25, 0.3) is 0 Å². The lowest BCUT2D eigenvalue weighted by molar-refractivity contribution is 0.173. The van der Waals surface area contributed by atoms with Crippen LogP contribution in [0.25, 0.3) is 0 Å². The van der Waals surface area contributed by atoms with Crippen molar-refractivity contribution in [3.63, 3.8) is 0 Å². The van der Waals surface area contributed by atoms with Gasteiger partial charge in [-0.25, -0.2) is 0 Å². The van der Waals surface area contributed by atoms with Gasteiger partial charge in [0, 0.05) is 30.4 Å². The first kappa shape index (κ1) is 16.4. The summed E-state index contributed by atoms with van der Waals surface area (Å²) in [4.78, 5) is 0. The van der Waals surface area contributed by atoms with Crippen LogP contribution in [0, 0.1) is 0 Å². The topological polar surface area (TPSA) is 61.3 Å². The first-order valence-corrected chi connectivity index (χ1v) is 8.20. The van der Waals surface area contributed by atoms with E-state index in [0.29, 0.717) is 5.88 Å². The van der Waals surface area contributed by atoms with Crippen LogP contribution in [-0.4, -0.2) is 30.9 Å². The van der Waals surface area contributed by atoms with Gasteiger partial charge in [-0.2, -0.15) is 11.8 Å². The van der Waals surface area contributed by atoms with E-state index in [-0.39, 0.29) is 5.41 Å². The molecule has 0 aliphatic carbocycles. The Morgan fingerprint density at radius 1 is 1.47 bits per heavy atom. The van der Waals surface area contributed by atoms with Crippen molar-refractivity contribution in [2.45, 2.75) is 44.9 Å². The van der Waals surface area contributed by atoms with Gasteiger partial charge in [-0.3, -0.25) is 0 Å². The quantitative estimate of drug-likeness (QED) is 0.755. The molecule has 0 aliphatic rings. The van der Waals surface area contributed by atoms with E-state index in [2.05, 4.69) is 25.3 Å². The number of hydrogen-bond acceptors (Lipinski definition) is 5. The number of methoxy groups -OCH3 is 1. The summed E-state index contributed by atoms with van der Waals surface area (Å²) in [6.07, 6.45) is 6.23. The third-order valence-corrected chi connectivity index (χ3v) is 4.42. The standard InChI is InChI=1S/C14H26N2O2S/c1-5-6-7-11-12(16-18-13(11)15)14(2,10-19-4)8-9-17-3/h5-10,15H2,1-4H3. The minimum Gasteiger partial charge on any atom is -0.385 e. The average molecular weight is 286 g/mol. The summed E-state index contributed by atoms with van der Waals surface area (Å²) in [5.74, 6) is 1.47. The molecular formula is C14H26N2O2S. The smallest absolute Gasteiger partial charge is 0.225 e. The third kappa shape index (κ3) is 4.14. The van der Waals surface area contributed by atoms with Crippen molar-refractivity contribution in [1.82, 2.24) is 5.16 Å². The number of nitrogens with two attached hydrogens (primary N) is 1. The van der Waals surface area contributed by atoms with Gasteiger partial charge >= 0.3 is 0 Å². The van der Waals surface area contributed by atoms with Crippen LogP contribution >= 0.6 is 11.8 Å². The maximum Gasteiger partial charge on any atom is 0.225 e. The lowest BCUT2D eigenvalue weighted by Crippen LogP contribution is -2.29. The second kappa shape index (κ2) is 7.80. The number of hydrogen-bond donors (Lipinski definition) is 1. The van der Waals surface area contributed by atoms with Crippen molar-refractivity contribution in [1.29, 1.82) is 0 Å². The Bertz CT molecular complexity index is 382. The lowest BCUT2D eigenvalue weighted by Gasteiger charge is -2.27. The first-order chi connectivity index (χ1) is 9.09. The van der Waals surface area contributed by atoms with Crippen molar-refractivity contribution >= 4 is 17.6 Å². The number of ether oxygens (including phenoxy) is 1. The summed E-state index contributed by atoms with van der Waals surface area (Å²) < 4.78 is 10.5. The molecule has 4 nitrogen and oxygen atoms in total. The molecule has 0 spiro atoms. The van der Waals surface area contributed by atoms with Gasteiger partial charge < -0.3 is 15.0 Å². The van der Waals surface area contributed by atoms with Gasteiger partial charge in [-0.15, -0.1) is 0 Å². The molecule has 2 N–H and O–H groups in total. The molecule has 1 aromatic rings. The van der Waals surface area contributed by atoms with Crippen LogP contribution in [0.15, 0.2) is 4.52 Å². The molecule has 1 rings (SSSR count). The van der Waals surface area contributed by atoms with Gasteiger partial charge in [0.05, 0.1) is 5.69 Å². The maximum absolute atomic E-state index is 5.94. The minimum absolute atomic E-state index is 0.0420. The van der Waals surface area contributed by atoms with E-state index in [1.807, 2.05) is 11.8 Å². The Kier molecular flexibility index (Phi) is 6.72. The predicted octanol–water partition coefficient (Wildman–Crippen LogP) is 3.26. The van der Waals surface area contributed by atoms with E-state index in [1.165, 1.54) is 0 Å². The summed E-state index contributed by atoms with van der Waals surface area (Å²) in [5, 5.41) is 4.24. The molecule has 1 atom stereocenters. The molecule has 0 bridgehead atoms. The molecule has 0 aliphatic heterocycles. The van der Waals surface area contributed by atoms with Gasteiger partial charge in [0.1, 0.15) is 0 Å². The molecule has 0 fully saturated rings. The minimum atomic E-state index is -0.0420. The normalized spacial score (nSPS) is 14.5. The van der Waals surface area contributed by atoms with Crippen LogP contribution in [0.2, 0.25) is 0 Å². The Labute approximate surface area is 120 Å². The molecule has 0 radical (unpaired) electrons. The summed E-state index contributed by atoms with van der Waals surface area (Å²) in [5.41, 5.74) is 8.00. The second-order valence-corrected chi connectivity index (χ2v) is 6.08. The number of thioether (sulfide) groups is 1. The molecule has 5 heteroatoms. The maximum atomic E-state index is 5.94. The second-order valence-electron chi connectivity index (χ2n) is 5.21. The Hall–Kier alpha value is -0.680. The Morgan fingerprint density at radius 2 is 2.21 bits per heavy atom. The molecule has 0 amide bonds. The van der Waals surface area contributed by atoms with Crippen molar-refractivity contribution in [2.24, 2.45) is 0 Å². The van der Waals surface area contributed by atoms with Crippen LogP contribution in [0.1, 0.15) is 44.4 Å². The van der Waals surface area contributed by atoms with E-state index in [9.17, 15) is 0 Å². The summed E-state index contributed by atoms with van der Waals surface area (Å²) >= 11 is 1.82. The van der Waals surface area contributed by atoms with Crippen molar-refractivity contribution < 1.29 is 9.26 Å². The number of nitrogens with zero attached hydrogens (tertiary/aromatic N) is 1. The predicted molar refractivity (Wildman–Crippen MR) is 81.8 cm³/mol. The molecule has 0 saturated carbocycles. The van der Waals surface area contributed by atoms with Crippen LogP contribution in [0.5, 0.6) is 0 Å². The van der Waals surface area contributed by atoms with E-state index in [4.69, 9.17) is 15.0 Å². The van der Waals surface area contributed by atoms with Crippen molar-refractivity contribution in [3.8, 4) is 0 Å². The number of aromatic nitrogens is 1. The van der Waals surface area contributed by atoms with Gasteiger partial charge in [0.2, 0.25) is 5.88 Å². The van der Waals surface area contributed by atoms with Gasteiger partial charge in [-0.1, -0.05) is 25.4 Å². The fraction of sp³-hybridized carbons (Fsp3) is 0.786. The van der Waals surface area contributed by atoms with Crippen LogP contribution in [-0.2, 0) is 16.6 Å². The lowest BCUT2D eigenvalue weighted by atomic mass is 9.82. The summed E-state index contributed by atoms with van der Waals surface area (Å²) in [6, 6.07) is 0. The fourth-order valence-corrected chi connectivity index (χ4v) is 3.21. The van der Waals surface area contributed by atoms with Crippen molar-refractivity contribution in [3.05, 3.63) is 11.3 Å². The Balaban J connectivity index is 3.00. The number of unbranched alkanes of at least 4 members (excludes halogenated alkanes) is 1. The molecule has 1 aromatic heterocycles. The van der Waals surface area contributed by atoms with E-state index >= 15 is 0 Å². The molecule has 1 heterocycles. The van der Waals surface area contributed by atoms with Crippen molar-refractivity contribution in [2.75, 3.05) is 31.5 Å². The first-order valence-electron chi connectivity index (χ1n) is 6.81.